The topological polar surface area (TPSA) is 102 Å². The zero-order chi connectivity index (χ0) is 18.8. The fraction of sp³-hybridized carbons (Fsp3) is 0.471. The Hall–Kier alpha value is -2.28. The van der Waals surface area contributed by atoms with E-state index in [1.807, 2.05) is 13.8 Å². The average molecular weight is 372 g/mol. The SMILES string of the molecule is CC(C)CC(=O)OCOC(=O)NC(CCC(=O)O)c1ccc(Cl)cc1. The van der Waals surface area contributed by atoms with E-state index in [9.17, 15) is 14.4 Å². The van der Waals surface area contributed by atoms with Gasteiger partial charge < -0.3 is 19.9 Å². The first kappa shape index (κ1) is 20.8. The number of halogens is 1. The fourth-order valence-electron chi connectivity index (χ4n) is 2.01. The number of ether oxygens (including phenoxy) is 2. The Morgan fingerprint density at radius 3 is 2.36 bits per heavy atom. The van der Waals surface area contributed by atoms with E-state index in [0.29, 0.717) is 10.6 Å². The van der Waals surface area contributed by atoms with Crippen LogP contribution in [0.25, 0.3) is 0 Å². The number of benzene rings is 1. The first-order chi connectivity index (χ1) is 11.8. The van der Waals surface area contributed by atoms with Gasteiger partial charge in [-0.3, -0.25) is 9.59 Å². The molecule has 138 valence electrons. The summed E-state index contributed by atoms with van der Waals surface area (Å²) >= 11 is 5.83. The van der Waals surface area contributed by atoms with Crippen LogP contribution in [-0.2, 0) is 19.1 Å². The van der Waals surface area contributed by atoms with Crippen molar-refractivity contribution in [3.8, 4) is 0 Å². The van der Waals surface area contributed by atoms with Crippen LogP contribution in [0.3, 0.4) is 0 Å². The Balaban J connectivity index is 2.55. The highest BCUT2D eigenvalue weighted by molar-refractivity contribution is 6.30. The van der Waals surface area contributed by atoms with E-state index in [2.05, 4.69) is 5.32 Å². The minimum atomic E-state index is -0.975. The number of nitrogens with one attached hydrogen (secondary N) is 1. The van der Waals surface area contributed by atoms with Gasteiger partial charge in [0.25, 0.3) is 0 Å². The third-order valence-corrected chi connectivity index (χ3v) is 3.45. The van der Waals surface area contributed by atoms with Crippen molar-refractivity contribution < 1.29 is 29.0 Å². The molecule has 1 amide bonds. The molecule has 0 saturated carbocycles. The molecule has 0 aliphatic carbocycles. The van der Waals surface area contributed by atoms with E-state index < -0.39 is 30.9 Å². The third kappa shape index (κ3) is 8.95. The van der Waals surface area contributed by atoms with Crippen LogP contribution in [0.2, 0.25) is 5.02 Å². The molecule has 1 unspecified atom stereocenters. The van der Waals surface area contributed by atoms with Gasteiger partial charge in [-0.2, -0.15) is 0 Å². The summed E-state index contributed by atoms with van der Waals surface area (Å²) in [6.07, 6.45) is -0.518. The number of hydrogen-bond acceptors (Lipinski definition) is 5. The molecule has 0 radical (unpaired) electrons. The second-order valence-electron chi connectivity index (χ2n) is 5.84. The van der Waals surface area contributed by atoms with Crippen molar-refractivity contribution in [2.45, 2.75) is 39.2 Å². The summed E-state index contributed by atoms with van der Waals surface area (Å²) in [4.78, 5) is 34.0. The van der Waals surface area contributed by atoms with Crippen LogP contribution in [0.15, 0.2) is 24.3 Å². The minimum Gasteiger partial charge on any atom is -0.481 e. The number of carboxylic acid groups (broad SMARTS) is 1. The molecule has 8 heteroatoms. The molecule has 0 heterocycles. The Labute approximate surface area is 151 Å². The maximum atomic E-state index is 11.8. The normalized spacial score (nSPS) is 11.7. The molecule has 0 aliphatic heterocycles. The van der Waals surface area contributed by atoms with Crippen molar-refractivity contribution in [3.63, 3.8) is 0 Å². The van der Waals surface area contributed by atoms with Crippen LogP contribution in [0.4, 0.5) is 4.79 Å². The Morgan fingerprint density at radius 2 is 1.80 bits per heavy atom. The molecule has 1 rings (SSSR count). The molecule has 0 spiro atoms. The number of esters is 1. The lowest BCUT2D eigenvalue weighted by molar-refractivity contribution is -0.152. The molecular formula is C17H22ClNO6. The predicted molar refractivity (Wildman–Crippen MR) is 91.1 cm³/mol. The molecule has 0 bridgehead atoms. The van der Waals surface area contributed by atoms with E-state index >= 15 is 0 Å². The van der Waals surface area contributed by atoms with Gasteiger partial charge in [-0.05, 0) is 30.0 Å². The van der Waals surface area contributed by atoms with E-state index in [4.69, 9.17) is 26.2 Å². The molecule has 0 aliphatic rings. The number of carbonyl (C=O) groups is 3. The van der Waals surface area contributed by atoms with E-state index in [1.165, 1.54) is 0 Å². The molecule has 0 saturated heterocycles. The van der Waals surface area contributed by atoms with Gasteiger partial charge in [-0.15, -0.1) is 0 Å². The molecule has 1 atom stereocenters. The molecular weight excluding hydrogens is 350 g/mol. The number of hydrogen-bond donors (Lipinski definition) is 2. The summed E-state index contributed by atoms with van der Waals surface area (Å²) < 4.78 is 9.60. The van der Waals surface area contributed by atoms with Crippen molar-refractivity contribution in [2.24, 2.45) is 5.92 Å². The Bertz CT molecular complexity index is 587. The first-order valence-corrected chi connectivity index (χ1v) is 8.22. The highest BCUT2D eigenvalue weighted by atomic mass is 35.5. The van der Waals surface area contributed by atoms with Crippen LogP contribution in [0.5, 0.6) is 0 Å². The monoisotopic (exact) mass is 371 g/mol. The number of amides is 1. The summed E-state index contributed by atoms with van der Waals surface area (Å²) in [7, 11) is 0. The number of rotatable bonds is 9. The largest absolute Gasteiger partial charge is 0.481 e. The maximum Gasteiger partial charge on any atom is 0.410 e. The molecule has 1 aromatic carbocycles. The van der Waals surface area contributed by atoms with Crippen molar-refractivity contribution in [3.05, 3.63) is 34.9 Å². The van der Waals surface area contributed by atoms with Crippen LogP contribution in [0.1, 0.15) is 44.7 Å². The first-order valence-electron chi connectivity index (χ1n) is 7.84. The van der Waals surface area contributed by atoms with Crippen molar-refractivity contribution in [2.75, 3.05) is 6.79 Å². The lowest BCUT2D eigenvalue weighted by Crippen LogP contribution is -2.30. The standard InChI is InChI=1S/C17H22ClNO6/c1-11(2)9-16(22)24-10-25-17(23)19-14(7-8-15(20)21)12-3-5-13(18)6-4-12/h3-6,11,14H,7-10H2,1-2H3,(H,19,23)(H,20,21). The summed E-state index contributed by atoms with van der Waals surface area (Å²) in [5.74, 6) is -1.29. The number of carbonyl (C=O) groups excluding carboxylic acids is 2. The van der Waals surface area contributed by atoms with Crippen molar-refractivity contribution in [1.29, 1.82) is 0 Å². The van der Waals surface area contributed by atoms with Gasteiger partial charge in [0.2, 0.25) is 6.79 Å². The van der Waals surface area contributed by atoms with Crippen molar-refractivity contribution in [1.82, 2.24) is 5.32 Å². The average Bonchev–Trinajstić information content (AvgIpc) is 2.51. The van der Waals surface area contributed by atoms with E-state index in [-0.39, 0.29) is 25.2 Å². The zero-order valence-electron chi connectivity index (χ0n) is 14.2. The summed E-state index contributed by atoms with van der Waals surface area (Å²) in [6.45, 7) is 3.24. The van der Waals surface area contributed by atoms with Gasteiger partial charge in [-0.1, -0.05) is 37.6 Å². The van der Waals surface area contributed by atoms with E-state index in [0.717, 1.165) is 0 Å². The summed E-state index contributed by atoms with van der Waals surface area (Å²) in [5, 5.41) is 11.9. The second kappa shape index (κ2) is 10.6. The van der Waals surface area contributed by atoms with Gasteiger partial charge in [0.15, 0.2) is 0 Å². The van der Waals surface area contributed by atoms with Crippen LogP contribution in [0, 0.1) is 5.92 Å². The summed E-state index contributed by atoms with van der Waals surface area (Å²) in [5.41, 5.74) is 0.694. The van der Waals surface area contributed by atoms with Gasteiger partial charge in [0, 0.05) is 17.9 Å². The molecule has 0 fully saturated rings. The zero-order valence-corrected chi connectivity index (χ0v) is 14.9. The quantitative estimate of drug-likeness (QED) is 0.508. The van der Waals surface area contributed by atoms with Gasteiger partial charge in [0.05, 0.1) is 6.04 Å². The number of aliphatic carboxylic acids is 1. The van der Waals surface area contributed by atoms with Gasteiger partial charge in [0.1, 0.15) is 0 Å². The fourth-order valence-corrected chi connectivity index (χ4v) is 2.14. The molecule has 7 nitrogen and oxygen atoms in total. The van der Waals surface area contributed by atoms with Crippen LogP contribution in [-0.4, -0.2) is 29.9 Å². The lowest BCUT2D eigenvalue weighted by Gasteiger charge is -2.18. The Morgan fingerprint density at radius 1 is 1.16 bits per heavy atom. The number of carboxylic acids is 1. The molecule has 1 aromatic rings. The molecule has 2 N–H and O–H groups in total. The highest BCUT2D eigenvalue weighted by Gasteiger charge is 2.17. The highest BCUT2D eigenvalue weighted by Crippen LogP contribution is 2.21. The smallest absolute Gasteiger partial charge is 0.410 e. The van der Waals surface area contributed by atoms with Gasteiger partial charge in [-0.25, -0.2) is 4.79 Å². The Kier molecular flexibility index (Phi) is 8.77. The minimum absolute atomic E-state index is 0.128. The third-order valence-electron chi connectivity index (χ3n) is 3.20. The molecule has 0 aromatic heterocycles. The van der Waals surface area contributed by atoms with Crippen molar-refractivity contribution >= 4 is 29.6 Å². The van der Waals surface area contributed by atoms with Crippen LogP contribution >= 0.6 is 11.6 Å². The van der Waals surface area contributed by atoms with Crippen LogP contribution < -0.4 is 5.32 Å². The number of alkyl carbamates (subject to hydrolysis) is 1. The molecule has 25 heavy (non-hydrogen) atoms. The summed E-state index contributed by atoms with van der Waals surface area (Å²) in [6, 6.07) is 6.11. The maximum absolute atomic E-state index is 11.8. The second-order valence-corrected chi connectivity index (χ2v) is 6.28. The van der Waals surface area contributed by atoms with E-state index in [1.54, 1.807) is 24.3 Å². The van der Waals surface area contributed by atoms with Gasteiger partial charge >= 0.3 is 18.0 Å². The lowest BCUT2D eigenvalue weighted by atomic mass is 10.0. The predicted octanol–water partition coefficient (Wildman–Crippen LogP) is 3.52.